The number of methoxy groups -OCH3 is 1. The highest BCUT2D eigenvalue weighted by molar-refractivity contribution is 6.34. The Morgan fingerprint density at radius 3 is 2.56 bits per heavy atom. The van der Waals surface area contributed by atoms with Gasteiger partial charge in [0.1, 0.15) is 5.69 Å². The summed E-state index contributed by atoms with van der Waals surface area (Å²) in [6, 6.07) is 19.4. The maximum atomic E-state index is 13.8. The Morgan fingerprint density at radius 1 is 0.978 bits per heavy atom. The van der Waals surface area contributed by atoms with Crippen molar-refractivity contribution in [2.45, 2.75) is 6.18 Å². The molecule has 0 bridgehead atoms. The average molecular weight is 636 g/mol. The topological polar surface area (TPSA) is 111 Å². The molecule has 13 heteroatoms. The number of alkyl halides is 3. The largest absolute Gasteiger partial charge is 0.493 e. The third-order valence-corrected chi connectivity index (χ3v) is 7.22. The number of para-hydroxylation sites is 1. The van der Waals surface area contributed by atoms with Gasteiger partial charge < -0.3 is 23.9 Å². The van der Waals surface area contributed by atoms with Gasteiger partial charge in [-0.1, -0.05) is 41.9 Å². The highest BCUT2D eigenvalue weighted by Gasteiger charge is 2.35. The quantitative estimate of drug-likeness (QED) is 0.0845. The van der Waals surface area contributed by atoms with Crippen molar-refractivity contribution in [3.63, 3.8) is 0 Å². The second kappa shape index (κ2) is 11.9. The van der Waals surface area contributed by atoms with Crippen LogP contribution in [0.5, 0.6) is 23.0 Å². The number of hydrogen-bond donors (Lipinski definition) is 2. The number of ether oxygens (including phenoxy) is 4. The second-order valence-electron chi connectivity index (χ2n) is 9.65. The molecule has 0 saturated heterocycles. The predicted octanol–water partition coefficient (Wildman–Crippen LogP) is 7.23. The van der Waals surface area contributed by atoms with Crippen molar-refractivity contribution in [2.24, 2.45) is 5.10 Å². The first kappa shape index (κ1) is 29.6. The molecule has 1 aliphatic rings. The summed E-state index contributed by atoms with van der Waals surface area (Å²) in [7, 11) is 1.39. The molecule has 5 aromatic rings. The van der Waals surface area contributed by atoms with E-state index < -0.39 is 23.6 Å². The molecule has 1 aromatic heterocycles. The molecule has 0 unspecified atom stereocenters. The summed E-state index contributed by atoms with van der Waals surface area (Å²) in [5.41, 5.74) is 2.27. The zero-order chi connectivity index (χ0) is 31.7. The lowest BCUT2D eigenvalue weighted by molar-refractivity contribution is -0.136. The smallest absolute Gasteiger partial charge is 0.418 e. The molecule has 45 heavy (non-hydrogen) atoms. The molecule has 1 aliphatic heterocycles. The van der Waals surface area contributed by atoms with Crippen LogP contribution in [0.1, 0.15) is 32.0 Å². The van der Waals surface area contributed by atoms with E-state index in [-0.39, 0.29) is 51.0 Å². The third kappa shape index (κ3) is 5.87. The fourth-order valence-electron chi connectivity index (χ4n) is 4.82. The van der Waals surface area contributed by atoms with E-state index in [2.05, 4.69) is 15.5 Å². The van der Waals surface area contributed by atoms with Crippen molar-refractivity contribution in [1.29, 1.82) is 0 Å². The van der Waals surface area contributed by atoms with Crippen molar-refractivity contribution in [1.82, 2.24) is 10.4 Å². The Labute approximate surface area is 258 Å². The Kier molecular flexibility index (Phi) is 7.81. The molecular weight excluding hydrogens is 615 g/mol. The summed E-state index contributed by atoms with van der Waals surface area (Å²) < 4.78 is 62.8. The maximum Gasteiger partial charge on any atom is 0.418 e. The fraction of sp³-hybridized carbons (Fsp3) is 0.0938. The number of nitrogens with one attached hydrogen (secondary N) is 2. The third-order valence-electron chi connectivity index (χ3n) is 6.89. The molecule has 0 saturated carbocycles. The number of esters is 1. The van der Waals surface area contributed by atoms with Gasteiger partial charge in [-0.05, 0) is 54.1 Å². The van der Waals surface area contributed by atoms with Crippen LogP contribution >= 0.6 is 11.6 Å². The number of halogens is 4. The van der Waals surface area contributed by atoms with Crippen molar-refractivity contribution in [3.05, 3.63) is 106 Å². The first-order valence-corrected chi connectivity index (χ1v) is 13.6. The van der Waals surface area contributed by atoms with E-state index in [0.29, 0.717) is 22.6 Å². The van der Waals surface area contributed by atoms with Crippen LogP contribution in [-0.2, 0) is 6.18 Å². The van der Waals surface area contributed by atoms with Crippen LogP contribution in [0.15, 0.2) is 84.0 Å². The van der Waals surface area contributed by atoms with Gasteiger partial charge in [-0.25, -0.2) is 10.2 Å². The summed E-state index contributed by atoms with van der Waals surface area (Å²) >= 11 is 6.39. The number of H-pyrrole nitrogens is 1. The number of fused-ring (bicyclic) bond motifs is 2. The van der Waals surface area contributed by atoms with Gasteiger partial charge in [0.15, 0.2) is 23.0 Å². The van der Waals surface area contributed by atoms with Gasteiger partial charge in [0, 0.05) is 21.5 Å². The molecule has 4 aromatic carbocycles. The van der Waals surface area contributed by atoms with E-state index in [1.165, 1.54) is 43.7 Å². The van der Waals surface area contributed by atoms with Crippen LogP contribution < -0.4 is 24.4 Å². The Morgan fingerprint density at radius 2 is 1.78 bits per heavy atom. The zero-order valence-corrected chi connectivity index (χ0v) is 24.0. The number of hydrogen-bond acceptors (Lipinski definition) is 7. The van der Waals surface area contributed by atoms with Gasteiger partial charge >= 0.3 is 12.1 Å². The molecular formula is C32H21ClF3N3O6. The molecule has 2 heterocycles. The Hall–Kier alpha value is -5.49. The van der Waals surface area contributed by atoms with Gasteiger partial charge in [0.25, 0.3) is 5.91 Å². The van der Waals surface area contributed by atoms with Crippen LogP contribution in [0.3, 0.4) is 0 Å². The molecule has 0 atom stereocenters. The summed E-state index contributed by atoms with van der Waals surface area (Å²) in [5, 5.41) is 4.39. The average Bonchev–Trinajstić information content (AvgIpc) is 3.66. The number of aromatic amines is 1. The van der Waals surface area contributed by atoms with Gasteiger partial charge in [0.05, 0.1) is 30.0 Å². The monoisotopic (exact) mass is 635 g/mol. The van der Waals surface area contributed by atoms with Crippen LogP contribution in [0.4, 0.5) is 13.2 Å². The molecule has 1 amide bonds. The minimum absolute atomic E-state index is 0.0639. The lowest BCUT2D eigenvalue weighted by atomic mass is 10.00. The number of nitrogens with zero attached hydrogens (tertiary/aromatic N) is 1. The SMILES string of the molecule is COc1cc(C=NNC(=O)c2[nH]c3c(C(F)(F)F)cccc3c2-c2ccccc2Cl)ccc1OC(=O)c1ccc2c(c1)OCO2. The Bertz CT molecular complexity index is 1990. The van der Waals surface area contributed by atoms with Crippen LogP contribution in [0.25, 0.3) is 22.0 Å². The van der Waals surface area contributed by atoms with Crippen LogP contribution in [-0.4, -0.2) is 37.0 Å². The molecule has 0 radical (unpaired) electrons. The van der Waals surface area contributed by atoms with Gasteiger partial charge in [-0.3, -0.25) is 4.79 Å². The van der Waals surface area contributed by atoms with Gasteiger partial charge in [0.2, 0.25) is 6.79 Å². The number of carbonyl (C=O) groups excluding carboxylic acids is 2. The summed E-state index contributed by atoms with van der Waals surface area (Å²) in [4.78, 5) is 28.7. The highest BCUT2D eigenvalue weighted by Crippen LogP contribution is 2.41. The van der Waals surface area contributed by atoms with Crippen molar-refractivity contribution in [2.75, 3.05) is 13.9 Å². The first-order valence-electron chi connectivity index (χ1n) is 13.2. The molecule has 0 fully saturated rings. The van der Waals surface area contributed by atoms with E-state index in [4.69, 9.17) is 30.5 Å². The van der Waals surface area contributed by atoms with Crippen molar-refractivity contribution >= 4 is 40.6 Å². The van der Waals surface area contributed by atoms with Crippen molar-refractivity contribution in [3.8, 4) is 34.1 Å². The fourth-order valence-corrected chi connectivity index (χ4v) is 5.05. The maximum absolute atomic E-state index is 13.8. The lowest BCUT2D eigenvalue weighted by Gasteiger charge is -2.10. The van der Waals surface area contributed by atoms with E-state index >= 15 is 0 Å². The molecule has 6 rings (SSSR count). The minimum atomic E-state index is -4.67. The van der Waals surface area contributed by atoms with Gasteiger partial charge in [-0.15, -0.1) is 0 Å². The summed E-state index contributed by atoms with van der Waals surface area (Å²) in [6.07, 6.45) is -3.37. The Balaban J connectivity index is 1.24. The molecule has 9 nitrogen and oxygen atoms in total. The van der Waals surface area contributed by atoms with Crippen molar-refractivity contribution < 1.29 is 41.7 Å². The van der Waals surface area contributed by atoms with E-state index in [1.54, 1.807) is 42.5 Å². The van der Waals surface area contributed by atoms with E-state index in [9.17, 15) is 22.8 Å². The highest BCUT2D eigenvalue weighted by atomic mass is 35.5. The number of aromatic nitrogens is 1. The van der Waals surface area contributed by atoms with Crippen LogP contribution in [0.2, 0.25) is 5.02 Å². The number of amides is 1. The standard InChI is InChI=1S/C32H21ClF3N3O6/c1-42-25-13-17(9-11-24(25)45-31(41)18-10-12-23-26(14-18)44-16-43-23)15-37-39-30(40)29-27(19-5-2-3-8-22(19)33)20-6-4-7-21(28(20)38-29)32(34,35)36/h2-15,38H,16H2,1H3,(H,39,40). The van der Waals surface area contributed by atoms with E-state index in [1.807, 2.05) is 0 Å². The molecule has 2 N–H and O–H groups in total. The summed E-state index contributed by atoms with van der Waals surface area (Å²) in [6.45, 7) is 0.0639. The number of benzene rings is 4. The number of hydrazone groups is 1. The molecule has 0 spiro atoms. The van der Waals surface area contributed by atoms with Gasteiger partial charge in [-0.2, -0.15) is 18.3 Å². The van der Waals surface area contributed by atoms with E-state index in [0.717, 1.165) is 6.07 Å². The first-order chi connectivity index (χ1) is 21.6. The zero-order valence-electron chi connectivity index (χ0n) is 23.2. The number of rotatable bonds is 7. The van der Waals surface area contributed by atoms with Crippen LogP contribution in [0, 0.1) is 0 Å². The normalized spacial score (nSPS) is 12.5. The predicted molar refractivity (Wildman–Crippen MR) is 159 cm³/mol. The summed E-state index contributed by atoms with van der Waals surface area (Å²) in [5.74, 6) is -0.166. The molecule has 228 valence electrons. The minimum Gasteiger partial charge on any atom is -0.493 e. The molecule has 0 aliphatic carbocycles. The second-order valence-corrected chi connectivity index (χ2v) is 10.1. The number of carbonyl (C=O) groups is 2. The lowest BCUT2D eigenvalue weighted by Crippen LogP contribution is -2.19.